The van der Waals surface area contributed by atoms with Crippen molar-refractivity contribution < 1.29 is 9.90 Å². The van der Waals surface area contributed by atoms with Crippen LogP contribution in [-0.2, 0) is 4.79 Å². The van der Waals surface area contributed by atoms with Crippen molar-refractivity contribution in [3.8, 4) is 0 Å². The molecule has 1 aromatic rings. The Kier molecular flexibility index (Phi) is 4.89. The minimum atomic E-state index is -0.871. The molecule has 0 spiro atoms. The van der Waals surface area contributed by atoms with Gasteiger partial charge in [0.2, 0.25) is 0 Å². The van der Waals surface area contributed by atoms with Gasteiger partial charge in [-0.3, -0.25) is 4.79 Å². The predicted octanol–water partition coefficient (Wildman–Crippen LogP) is 4.03. The summed E-state index contributed by atoms with van der Waals surface area (Å²) in [6.07, 6.45) is 0.00270. The number of carboxylic acid groups (broad SMARTS) is 1. The molecule has 0 aliphatic carbocycles. The van der Waals surface area contributed by atoms with Gasteiger partial charge in [-0.1, -0.05) is 39.1 Å². The maximum absolute atomic E-state index is 10.5. The summed E-state index contributed by atoms with van der Waals surface area (Å²) in [4.78, 5) is 10.5. The summed E-state index contributed by atoms with van der Waals surface area (Å²) in [7, 11) is 0. The Morgan fingerprint density at radius 3 is 2.44 bits per heavy atom. The molecule has 0 saturated heterocycles. The van der Waals surface area contributed by atoms with Crippen LogP contribution < -0.4 is 5.32 Å². The normalized spacial score (nSPS) is 12.2. The van der Waals surface area contributed by atoms with Crippen molar-refractivity contribution in [2.45, 2.75) is 19.4 Å². The molecule has 16 heavy (non-hydrogen) atoms. The number of nitrogens with one attached hydrogen (secondary N) is 1. The summed E-state index contributed by atoms with van der Waals surface area (Å²) in [5, 5.41) is 12.5. The highest BCUT2D eigenvalue weighted by molar-refractivity contribution is 9.10. The molecule has 6 heteroatoms. The van der Waals surface area contributed by atoms with E-state index in [9.17, 15) is 4.79 Å². The fraction of sp³-hybridized carbons (Fsp3) is 0.300. The molecule has 2 N–H and O–H groups in total. The molecule has 0 radical (unpaired) electrons. The van der Waals surface area contributed by atoms with Crippen LogP contribution >= 0.6 is 39.1 Å². The van der Waals surface area contributed by atoms with E-state index in [2.05, 4.69) is 21.2 Å². The zero-order valence-electron chi connectivity index (χ0n) is 8.43. The lowest BCUT2D eigenvalue weighted by Crippen LogP contribution is -2.19. The summed E-state index contributed by atoms with van der Waals surface area (Å²) >= 11 is 15.2. The van der Waals surface area contributed by atoms with Crippen LogP contribution in [0.2, 0.25) is 10.0 Å². The first-order chi connectivity index (χ1) is 7.40. The molecule has 0 amide bonds. The van der Waals surface area contributed by atoms with Gasteiger partial charge in [-0.05, 0) is 19.1 Å². The van der Waals surface area contributed by atoms with Crippen LogP contribution in [0.25, 0.3) is 0 Å². The van der Waals surface area contributed by atoms with Crippen LogP contribution in [0.5, 0.6) is 0 Å². The number of carbonyl (C=O) groups is 1. The molecule has 1 rings (SSSR count). The molecule has 88 valence electrons. The van der Waals surface area contributed by atoms with E-state index in [-0.39, 0.29) is 12.5 Å². The Morgan fingerprint density at radius 1 is 1.50 bits per heavy atom. The van der Waals surface area contributed by atoms with E-state index in [4.69, 9.17) is 28.3 Å². The fourth-order valence-corrected chi connectivity index (χ4v) is 2.56. The second-order valence-electron chi connectivity index (χ2n) is 3.39. The van der Waals surface area contributed by atoms with Crippen molar-refractivity contribution in [1.82, 2.24) is 0 Å². The van der Waals surface area contributed by atoms with Gasteiger partial charge < -0.3 is 10.4 Å². The summed E-state index contributed by atoms with van der Waals surface area (Å²) in [5.74, 6) is -0.871. The number of aliphatic carboxylic acids is 1. The summed E-state index contributed by atoms with van der Waals surface area (Å²) in [6.45, 7) is 1.75. The predicted molar refractivity (Wildman–Crippen MR) is 69.5 cm³/mol. The van der Waals surface area contributed by atoms with Crippen molar-refractivity contribution >= 4 is 50.8 Å². The van der Waals surface area contributed by atoms with Crippen molar-refractivity contribution in [2.75, 3.05) is 5.32 Å². The van der Waals surface area contributed by atoms with Crippen LogP contribution in [0.15, 0.2) is 16.6 Å². The quantitative estimate of drug-likeness (QED) is 0.878. The average molecular weight is 327 g/mol. The number of carboxylic acids is 1. The third kappa shape index (κ3) is 3.85. The Morgan fingerprint density at radius 2 is 2.00 bits per heavy atom. The molecule has 0 bridgehead atoms. The molecular weight excluding hydrogens is 317 g/mol. The molecule has 1 unspecified atom stereocenters. The van der Waals surface area contributed by atoms with Crippen molar-refractivity contribution in [3.05, 3.63) is 26.7 Å². The second kappa shape index (κ2) is 5.75. The number of rotatable bonds is 4. The number of benzene rings is 1. The zero-order valence-corrected chi connectivity index (χ0v) is 11.5. The van der Waals surface area contributed by atoms with E-state index in [0.29, 0.717) is 15.7 Å². The third-order valence-electron chi connectivity index (χ3n) is 1.88. The Balaban J connectivity index is 2.85. The largest absolute Gasteiger partial charge is 0.481 e. The highest BCUT2D eigenvalue weighted by Crippen LogP contribution is 2.34. The van der Waals surface area contributed by atoms with E-state index >= 15 is 0 Å². The summed E-state index contributed by atoms with van der Waals surface area (Å²) in [5.41, 5.74) is 0.556. The molecule has 0 fully saturated rings. The minimum Gasteiger partial charge on any atom is -0.481 e. The van der Waals surface area contributed by atoms with Gasteiger partial charge in [0.05, 0.1) is 22.2 Å². The molecule has 0 aliphatic heterocycles. The lowest BCUT2D eigenvalue weighted by atomic mass is 10.2. The van der Waals surface area contributed by atoms with Gasteiger partial charge in [0.15, 0.2) is 0 Å². The van der Waals surface area contributed by atoms with Gasteiger partial charge in [-0.25, -0.2) is 0 Å². The molecule has 1 atom stereocenters. The van der Waals surface area contributed by atoms with E-state index in [1.807, 2.05) is 0 Å². The maximum Gasteiger partial charge on any atom is 0.305 e. The Hall–Kier alpha value is -0.450. The SMILES string of the molecule is CC(CC(=O)O)Nc1c(Cl)cc(Br)cc1Cl. The number of hydrogen-bond acceptors (Lipinski definition) is 2. The third-order valence-corrected chi connectivity index (χ3v) is 2.93. The molecule has 3 nitrogen and oxygen atoms in total. The molecule has 0 aromatic heterocycles. The summed E-state index contributed by atoms with van der Waals surface area (Å²) < 4.78 is 0.777. The highest BCUT2D eigenvalue weighted by atomic mass is 79.9. The molecule has 0 aliphatic rings. The van der Waals surface area contributed by atoms with Gasteiger partial charge in [-0.15, -0.1) is 0 Å². The van der Waals surface area contributed by atoms with Crippen LogP contribution in [0.4, 0.5) is 5.69 Å². The van der Waals surface area contributed by atoms with Gasteiger partial charge in [0, 0.05) is 10.5 Å². The fourth-order valence-electron chi connectivity index (χ4n) is 1.24. The van der Waals surface area contributed by atoms with E-state index in [1.165, 1.54) is 0 Å². The van der Waals surface area contributed by atoms with E-state index in [1.54, 1.807) is 19.1 Å². The molecule has 1 aromatic carbocycles. The minimum absolute atomic E-state index is 0.00270. The van der Waals surface area contributed by atoms with E-state index < -0.39 is 5.97 Å². The van der Waals surface area contributed by atoms with Crippen molar-refractivity contribution in [2.24, 2.45) is 0 Å². The zero-order chi connectivity index (χ0) is 12.3. The molecule has 0 saturated carbocycles. The summed E-state index contributed by atoms with van der Waals surface area (Å²) in [6, 6.07) is 3.15. The van der Waals surface area contributed by atoms with E-state index in [0.717, 1.165) is 4.47 Å². The Labute approximate surface area is 112 Å². The van der Waals surface area contributed by atoms with Crippen molar-refractivity contribution in [1.29, 1.82) is 0 Å². The van der Waals surface area contributed by atoms with Gasteiger partial charge >= 0.3 is 5.97 Å². The molecular formula is C10H10BrCl2NO2. The standard InChI is InChI=1S/C10H10BrCl2NO2/c1-5(2-9(15)16)14-10-7(12)3-6(11)4-8(10)13/h3-5,14H,2H2,1H3,(H,15,16). The lowest BCUT2D eigenvalue weighted by molar-refractivity contribution is -0.137. The first-order valence-corrected chi connectivity index (χ1v) is 6.08. The van der Waals surface area contributed by atoms with Crippen molar-refractivity contribution in [3.63, 3.8) is 0 Å². The topological polar surface area (TPSA) is 49.3 Å². The van der Waals surface area contributed by atoms with Crippen LogP contribution in [-0.4, -0.2) is 17.1 Å². The Bertz CT molecular complexity index is 389. The van der Waals surface area contributed by atoms with Crippen LogP contribution in [0, 0.1) is 0 Å². The smallest absolute Gasteiger partial charge is 0.305 e. The van der Waals surface area contributed by atoms with Crippen LogP contribution in [0.1, 0.15) is 13.3 Å². The first kappa shape index (κ1) is 13.6. The number of anilines is 1. The first-order valence-electron chi connectivity index (χ1n) is 4.53. The maximum atomic E-state index is 10.5. The van der Waals surface area contributed by atoms with Gasteiger partial charge in [0.1, 0.15) is 0 Å². The molecule has 0 heterocycles. The highest BCUT2D eigenvalue weighted by Gasteiger charge is 2.12. The number of halogens is 3. The lowest BCUT2D eigenvalue weighted by Gasteiger charge is -2.16. The second-order valence-corrected chi connectivity index (χ2v) is 5.12. The van der Waals surface area contributed by atoms with Crippen LogP contribution in [0.3, 0.4) is 0 Å². The monoisotopic (exact) mass is 325 g/mol. The van der Waals surface area contributed by atoms with Gasteiger partial charge in [-0.2, -0.15) is 0 Å². The van der Waals surface area contributed by atoms with Gasteiger partial charge in [0.25, 0.3) is 0 Å². The average Bonchev–Trinajstić information content (AvgIpc) is 2.09. The number of hydrogen-bond donors (Lipinski definition) is 2.